The van der Waals surface area contributed by atoms with E-state index in [9.17, 15) is 14.7 Å². The van der Waals surface area contributed by atoms with Gasteiger partial charge in [0.05, 0.1) is 21.8 Å². The van der Waals surface area contributed by atoms with Crippen LogP contribution in [0.2, 0.25) is 0 Å². The minimum absolute atomic E-state index is 0.0174. The Labute approximate surface area is 236 Å². The minimum Gasteiger partial charge on any atom is -0.507 e. The number of thiazole rings is 1. The van der Waals surface area contributed by atoms with E-state index in [-0.39, 0.29) is 17.4 Å². The number of aryl methyl sites for hydroxylation is 2. The van der Waals surface area contributed by atoms with Crippen LogP contribution in [-0.4, -0.2) is 34.5 Å². The molecule has 0 radical (unpaired) electrons. The molecular formula is C32H28N2O5S. The summed E-state index contributed by atoms with van der Waals surface area (Å²) in [6.45, 7) is 9.99. The molecule has 1 N–H and O–H groups in total. The Hall–Kier alpha value is -4.43. The van der Waals surface area contributed by atoms with E-state index in [0.29, 0.717) is 35.0 Å². The molecule has 0 unspecified atom stereocenters. The Morgan fingerprint density at radius 1 is 1.18 bits per heavy atom. The second kappa shape index (κ2) is 9.95. The first-order valence-corrected chi connectivity index (χ1v) is 13.9. The first-order valence-electron chi connectivity index (χ1n) is 13.1. The molecule has 6 rings (SSSR count). The highest BCUT2D eigenvalue weighted by atomic mass is 32.1. The van der Waals surface area contributed by atoms with Crippen LogP contribution in [0.5, 0.6) is 11.5 Å². The van der Waals surface area contributed by atoms with Crippen molar-refractivity contribution in [2.45, 2.75) is 39.3 Å². The fourth-order valence-electron chi connectivity index (χ4n) is 5.43. The largest absolute Gasteiger partial charge is 0.507 e. The average molecular weight is 553 g/mol. The van der Waals surface area contributed by atoms with Crippen LogP contribution in [0.1, 0.15) is 40.8 Å². The molecule has 2 aliphatic heterocycles. The summed E-state index contributed by atoms with van der Waals surface area (Å²) >= 11 is 1.35. The van der Waals surface area contributed by atoms with Gasteiger partial charge in [-0.1, -0.05) is 42.2 Å². The summed E-state index contributed by atoms with van der Waals surface area (Å²) in [5, 5.41) is 12.0. The van der Waals surface area contributed by atoms with Gasteiger partial charge in [0.2, 0.25) is 0 Å². The second-order valence-corrected chi connectivity index (χ2v) is 11.2. The predicted molar refractivity (Wildman–Crippen MR) is 156 cm³/mol. The normalized spacial score (nSPS) is 19.6. The number of Topliss-reactive ketones (excluding diaryl/α,β-unsaturated/α-hetero) is 1. The number of carbonyl (C=O) groups excluding carboxylic acids is 2. The lowest BCUT2D eigenvalue weighted by Gasteiger charge is -2.23. The Morgan fingerprint density at radius 3 is 2.70 bits per heavy atom. The van der Waals surface area contributed by atoms with Crippen molar-refractivity contribution in [3.05, 3.63) is 101 Å². The van der Waals surface area contributed by atoms with E-state index in [1.54, 1.807) is 42.5 Å². The van der Waals surface area contributed by atoms with E-state index >= 15 is 0 Å². The molecule has 1 fully saturated rings. The monoisotopic (exact) mass is 552 g/mol. The molecule has 1 aromatic heterocycles. The summed E-state index contributed by atoms with van der Waals surface area (Å²) in [6, 6.07) is 15.7. The van der Waals surface area contributed by atoms with Crippen molar-refractivity contribution in [1.82, 2.24) is 4.98 Å². The summed E-state index contributed by atoms with van der Waals surface area (Å²) < 4.78 is 12.4. The lowest BCUT2D eigenvalue weighted by molar-refractivity contribution is -0.132. The zero-order valence-electron chi connectivity index (χ0n) is 22.4. The summed E-state index contributed by atoms with van der Waals surface area (Å²) in [5.41, 5.74) is 4.94. The Kier molecular flexibility index (Phi) is 6.43. The number of ketones is 1. The van der Waals surface area contributed by atoms with E-state index in [0.717, 1.165) is 32.7 Å². The molecule has 40 heavy (non-hydrogen) atoms. The first kappa shape index (κ1) is 25.8. The first-order chi connectivity index (χ1) is 19.2. The standard InChI is InChI=1S/C32H28N2O5S/c1-5-12-38-23-9-6-20(7-10-23)28-26(29(35)21-8-11-24-22(16-21)15-19(4)39-24)30(36)31(37)34(28)32-33-27-18(3)13-17(2)14-25(27)40-32/h5-11,13-14,16,19,28,35H,1,12,15H2,2-4H3/b29-26+/t19-,28+/m1/s1. The maximum absolute atomic E-state index is 13.6. The van der Waals surface area contributed by atoms with E-state index in [1.807, 2.05) is 39.0 Å². The second-order valence-electron chi connectivity index (χ2n) is 10.2. The number of hydrogen-bond acceptors (Lipinski definition) is 7. The summed E-state index contributed by atoms with van der Waals surface area (Å²) in [6.07, 6.45) is 2.39. The van der Waals surface area contributed by atoms with Gasteiger partial charge in [-0.25, -0.2) is 4.98 Å². The van der Waals surface area contributed by atoms with Gasteiger partial charge in [0.1, 0.15) is 30.0 Å². The highest BCUT2D eigenvalue weighted by molar-refractivity contribution is 7.22. The number of aliphatic hydroxyl groups excluding tert-OH is 1. The highest BCUT2D eigenvalue weighted by Gasteiger charge is 2.48. The summed E-state index contributed by atoms with van der Waals surface area (Å²) in [7, 11) is 0. The van der Waals surface area contributed by atoms with Gasteiger partial charge in [-0.05, 0) is 79.4 Å². The summed E-state index contributed by atoms with van der Waals surface area (Å²) in [4.78, 5) is 33.5. The zero-order valence-corrected chi connectivity index (χ0v) is 23.2. The molecule has 0 saturated carbocycles. The van der Waals surface area contributed by atoms with E-state index in [1.165, 1.54) is 16.2 Å². The molecule has 1 amide bonds. The third kappa shape index (κ3) is 4.34. The van der Waals surface area contributed by atoms with Gasteiger partial charge >= 0.3 is 5.91 Å². The molecule has 0 aliphatic carbocycles. The zero-order chi connectivity index (χ0) is 28.1. The van der Waals surface area contributed by atoms with E-state index < -0.39 is 17.7 Å². The van der Waals surface area contributed by atoms with Crippen LogP contribution < -0.4 is 14.4 Å². The maximum atomic E-state index is 13.6. The summed E-state index contributed by atoms with van der Waals surface area (Å²) in [5.74, 6) is -0.333. The van der Waals surface area contributed by atoms with E-state index in [2.05, 4.69) is 6.58 Å². The lowest BCUT2D eigenvalue weighted by Crippen LogP contribution is -2.29. The van der Waals surface area contributed by atoms with Crippen molar-refractivity contribution < 1.29 is 24.2 Å². The fraction of sp³-hybridized carbons (Fsp3) is 0.219. The van der Waals surface area contributed by atoms with Crippen LogP contribution in [0.3, 0.4) is 0 Å². The average Bonchev–Trinajstić information content (AvgIpc) is 3.60. The number of anilines is 1. The molecule has 202 valence electrons. The number of hydrogen-bond donors (Lipinski definition) is 1. The molecule has 8 heteroatoms. The predicted octanol–water partition coefficient (Wildman–Crippen LogP) is 6.43. The molecule has 3 aromatic carbocycles. The molecule has 0 spiro atoms. The topological polar surface area (TPSA) is 89.0 Å². The Morgan fingerprint density at radius 2 is 1.95 bits per heavy atom. The maximum Gasteiger partial charge on any atom is 0.301 e. The number of aliphatic hydroxyl groups is 1. The van der Waals surface area contributed by atoms with Crippen molar-refractivity contribution in [1.29, 1.82) is 0 Å². The van der Waals surface area contributed by atoms with Gasteiger partial charge in [0, 0.05) is 12.0 Å². The van der Waals surface area contributed by atoms with Gasteiger partial charge in [0.25, 0.3) is 5.78 Å². The lowest BCUT2D eigenvalue weighted by atomic mass is 9.94. The molecule has 4 aromatic rings. The highest BCUT2D eigenvalue weighted by Crippen LogP contribution is 2.45. The van der Waals surface area contributed by atoms with Gasteiger partial charge in [-0.2, -0.15) is 0 Å². The molecule has 7 nitrogen and oxygen atoms in total. The number of aromatic nitrogens is 1. The van der Waals surface area contributed by atoms with Crippen LogP contribution in [0.4, 0.5) is 5.13 Å². The molecular weight excluding hydrogens is 524 g/mol. The van der Waals surface area contributed by atoms with Gasteiger partial charge in [-0.15, -0.1) is 0 Å². The molecule has 1 saturated heterocycles. The SMILES string of the molecule is C=CCOc1ccc([C@H]2/C(=C(\O)c3ccc4c(c3)C[C@@H](C)O4)C(=O)C(=O)N2c2nc3c(C)cc(C)cc3s2)cc1. The third-order valence-electron chi connectivity index (χ3n) is 7.20. The molecule has 3 heterocycles. The van der Waals surface area contributed by atoms with Crippen molar-refractivity contribution in [3.8, 4) is 11.5 Å². The van der Waals surface area contributed by atoms with Crippen molar-refractivity contribution in [3.63, 3.8) is 0 Å². The number of fused-ring (bicyclic) bond motifs is 2. The molecule has 2 aliphatic rings. The minimum atomic E-state index is -0.876. The van der Waals surface area contributed by atoms with Gasteiger partial charge in [-0.3, -0.25) is 14.5 Å². The van der Waals surface area contributed by atoms with Crippen molar-refractivity contribution in [2.24, 2.45) is 0 Å². The van der Waals surface area contributed by atoms with E-state index in [4.69, 9.17) is 14.5 Å². The smallest absolute Gasteiger partial charge is 0.301 e. The van der Waals surface area contributed by atoms with Crippen LogP contribution in [0, 0.1) is 13.8 Å². The van der Waals surface area contributed by atoms with Crippen molar-refractivity contribution >= 4 is 44.1 Å². The number of benzene rings is 3. The molecule has 2 atom stereocenters. The molecule has 0 bridgehead atoms. The van der Waals surface area contributed by atoms with Crippen molar-refractivity contribution in [2.75, 3.05) is 11.5 Å². The number of rotatable bonds is 6. The van der Waals surface area contributed by atoms with Gasteiger partial charge < -0.3 is 14.6 Å². The fourth-order valence-corrected chi connectivity index (χ4v) is 6.60. The van der Waals surface area contributed by atoms with Crippen LogP contribution in [0.25, 0.3) is 16.0 Å². The number of nitrogens with zero attached hydrogens (tertiary/aromatic N) is 2. The number of ether oxygens (including phenoxy) is 2. The Balaban J connectivity index is 1.51. The van der Waals surface area contributed by atoms with Crippen LogP contribution in [0.15, 0.2) is 72.8 Å². The third-order valence-corrected chi connectivity index (χ3v) is 8.20. The quantitative estimate of drug-likeness (QED) is 0.128. The number of carbonyl (C=O) groups is 2. The Bertz CT molecular complexity index is 1720. The number of amides is 1. The van der Waals surface area contributed by atoms with Crippen LogP contribution in [-0.2, 0) is 16.0 Å². The van der Waals surface area contributed by atoms with Crippen LogP contribution >= 0.6 is 11.3 Å². The van der Waals surface area contributed by atoms with Gasteiger partial charge in [0.15, 0.2) is 5.13 Å².